The van der Waals surface area contributed by atoms with Gasteiger partial charge in [-0.3, -0.25) is 0 Å². The molecule has 1 nitrogen and oxygen atoms in total. The normalized spacial score (nSPS) is 19.6. The van der Waals surface area contributed by atoms with Gasteiger partial charge in [0.05, 0.1) is 5.41 Å². The average Bonchev–Trinajstić information content (AvgIpc) is 4.03. The number of aryl methyl sites for hydroxylation is 1. The van der Waals surface area contributed by atoms with Crippen LogP contribution in [0.2, 0.25) is 0 Å². The van der Waals surface area contributed by atoms with E-state index in [1.54, 1.807) is 5.56 Å². The van der Waals surface area contributed by atoms with Crippen LogP contribution in [0.5, 0.6) is 0 Å². The largest absolute Gasteiger partial charge is 0.310 e. The molecule has 2 fully saturated rings. The first-order chi connectivity index (χ1) is 29.3. The van der Waals surface area contributed by atoms with Crippen molar-refractivity contribution in [2.24, 2.45) is 11.8 Å². The molecule has 0 heterocycles. The SMILES string of the molecule is c1ccc(C2(c3ccccc3)c3cc(N(c4ccc(-c5cccc6c5CCCC6)cc4)c4ccccc4C4CC5CCC4C5)ccc3-c3ccc4ccccc4c32)cc1. The van der Waals surface area contributed by atoms with Crippen LogP contribution >= 0.6 is 0 Å². The summed E-state index contributed by atoms with van der Waals surface area (Å²) in [5.74, 6) is 2.25. The number of rotatable bonds is 7. The fourth-order valence-corrected chi connectivity index (χ4v) is 12.3. The quantitative estimate of drug-likeness (QED) is 0.156. The molecule has 4 aliphatic carbocycles. The summed E-state index contributed by atoms with van der Waals surface area (Å²) < 4.78 is 0. The molecule has 8 aromatic rings. The Morgan fingerprint density at radius 3 is 2.00 bits per heavy atom. The number of para-hydroxylation sites is 1. The third-order valence-corrected chi connectivity index (χ3v) is 14.8. The number of hydrogen-bond acceptors (Lipinski definition) is 1. The third-order valence-electron chi connectivity index (χ3n) is 14.8. The highest BCUT2D eigenvalue weighted by Gasteiger charge is 2.48. The molecule has 0 aliphatic heterocycles. The van der Waals surface area contributed by atoms with Gasteiger partial charge >= 0.3 is 0 Å². The van der Waals surface area contributed by atoms with Crippen LogP contribution in [-0.2, 0) is 18.3 Å². The predicted molar refractivity (Wildman–Crippen MR) is 246 cm³/mol. The van der Waals surface area contributed by atoms with Crippen molar-refractivity contribution in [3.8, 4) is 22.3 Å². The zero-order valence-electron chi connectivity index (χ0n) is 33.7. The summed E-state index contributed by atoms with van der Waals surface area (Å²) in [6.07, 6.45) is 10.4. The molecule has 8 aromatic carbocycles. The number of benzene rings is 8. The van der Waals surface area contributed by atoms with E-state index in [9.17, 15) is 0 Å². The molecule has 3 atom stereocenters. The summed E-state index contributed by atoms with van der Waals surface area (Å²) in [6.45, 7) is 0. The van der Waals surface area contributed by atoms with Crippen LogP contribution < -0.4 is 4.90 Å². The summed E-state index contributed by atoms with van der Waals surface area (Å²) >= 11 is 0. The van der Waals surface area contributed by atoms with E-state index >= 15 is 0 Å². The van der Waals surface area contributed by atoms with Crippen molar-refractivity contribution in [2.75, 3.05) is 4.90 Å². The average molecular weight is 760 g/mol. The fourth-order valence-electron chi connectivity index (χ4n) is 12.3. The number of fused-ring (bicyclic) bond motifs is 8. The third kappa shape index (κ3) is 5.44. The molecule has 12 rings (SSSR count). The van der Waals surface area contributed by atoms with Gasteiger partial charge in [0.2, 0.25) is 0 Å². The molecule has 0 spiro atoms. The Morgan fingerprint density at radius 1 is 0.508 bits per heavy atom. The van der Waals surface area contributed by atoms with Gasteiger partial charge in [0, 0.05) is 17.1 Å². The Kier molecular flexibility index (Phi) is 8.26. The summed E-state index contributed by atoms with van der Waals surface area (Å²) in [5.41, 5.74) is 18.5. The van der Waals surface area contributed by atoms with E-state index in [1.807, 2.05) is 0 Å². The van der Waals surface area contributed by atoms with Crippen LogP contribution in [-0.4, -0.2) is 0 Å². The van der Waals surface area contributed by atoms with Gasteiger partial charge in [0.25, 0.3) is 0 Å². The Morgan fingerprint density at radius 2 is 1.22 bits per heavy atom. The Hall–Kier alpha value is -6.18. The Labute approximate surface area is 349 Å². The summed E-state index contributed by atoms with van der Waals surface area (Å²) in [7, 11) is 0. The minimum absolute atomic E-state index is 0.518. The van der Waals surface area contributed by atoms with Gasteiger partial charge in [-0.25, -0.2) is 0 Å². The van der Waals surface area contributed by atoms with E-state index < -0.39 is 5.41 Å². The minimum Gasteiger partial charge on any atom is -0.310 e. The minimum atomic E-state index is -0.518. The van der Waals surface area contributed by atoms with Gasteiger partial charge in [-0.1, -0.05) is 158 Å². The van der Waals surface area contributed by atoms with E-state index in [-0.39, 0.29) is 0 Å². The zero-order chi connectivity index (χ0) is 38.9. The van der Waals surface area contributed by atoms with Gasteiger partial charge in [-0.05, 0) is 165 Å². The highest BCUT2D eigenvalue weighted by atomic mass is 15.1. The lowest BCUT2D eigenvalue weighted by molar-refractivity contribution is 0.420. The van der Waals surface area contributed by atoms with Crippen LogP contribution in [0.1, 0.15) is 83.4 Å². The molecule has 0 aromatic heterocycles. The number of hydrogen-bond donors (Lipinski definition) is 0. The van der Waals surface area contributed by atoms with Crippen molar-refractivity contribution >= 4 is 27.8 Å². The van der Waals surface area contributed by atoms with Crippen molar-refractivity contribution in [2.45, 2.75) is 62.7 Å². The first-order valence-electron chi connectivity index (χ1n) is 22.1. The summed E-state index contributed by atoms with van der Waals surface area (Å²) in [6, 6.07) is 69.6. The molecule has 3 unspecified atom stereocenters. The maximum atomic E-state index is 2.60. The molecule has 0 radical (unpaired) electrons. The topological polar surface area (TPSA) is 3.24 Å². The van der Waals surface area contributed by atoms with E-state index in [0.29, 0.717) is 5.92 Å². The summed E-state index contributed by atoms with van der Waals surface area (Å²) in [4.78, 5) is 2.60. The van der Waals surface area contributed by atoms with Crippen molar-refractivity contribution in [1.82, 2.24) is 0 Å². The van der Waals surface area contributed by atoms with Gasteiger partial charge in [-0.2, -0.15) is 0 Å². The molecule has 0 amide bonds. The molecular formula is C58H49N. The van der Waals surface area contributed by atoms with E-state index in [0.717, 1.165) is 11.8 Å². The number of anilines is 3. The van der Waals surface area contributed by atoms with E-state index in [2.05, 4.69) is 187 Å². The lowest BCUT2D eigenvalue weighted by Gasteiger charge is -2.36. The van der Waals surface area contributed by atoms with E-state index in [4.69, 9.17) is 0 Å². The highest BCUT2D eigenvalue weighted by Crippen LogP contribution is 2.60. The molecule has 286 valence electrons. The van der Waals surface area contributed by atoms with Crippen molar-refractivity contribution in [1.29, 1.82) is 0 Å². The maximum absolute atomic E-state index is 2.60. The highest BCUT2D eigenvalue weighted by molar-refractivity contribution is 6.01. The van der Waals surface area contributed by atoms with Crippen LogP contribution in [0, 0.1) is 11.8 Å². The molecule has 2 bridgehead atoms. The first-order valence-corrected chi connectivity index (χ1v) is 22.1. The van der Waals surface area contributed by atoms with Gasteiger partial charge in [0.15, 0.2) is 0 Å². The smallest absolute Gasteiger partial charge is 0.0720 e. The van der Waals surface area contributed by atoms with Crippen molar-refractivity contribution < 1.29 is 0 Å². The van der Waals surface area contributed by atoms with Crippen molar-refractivity contribution in [3.63, 3.8) is 0 Å². The molecule has 4 aliphatic rings. The molecule has 1 heteroatoms. The van der Waals surface area contributed by atoms with E-state index in [1.165, 1.54) is 135 Å². The monoisotopic (exact) mass is 759 g/mol. The molecular weight excluding hydrogens is 711 g/mol. The van der Waals surface area contributed by atoms with Crippen molar-refractivity contribution in [3.05, 3.63) is 221 Å². The Balaban J connectivity index is 1.10. The van der Waals surface area contributed by atoms with Crippen LogP contribution in [0.25, 0.3) is 33.0 Å². The molecule has 59 heavy (non-hydrogen) atoms. The predicted octanol–water partition coefficient (Wildman–Crippen LogP) is 15.1. The second-order valence-corrected chi connectivity index (χ2v) is 17.8. The first kappa shape index (κ1) is 34.8. The lowest BCUT2D eigenvalue weighted by atomic mass is 9.66. The van der Waals surface area contributed by atoms with Gasteiger partial charge in [0.1, 0.15) is 0 Å². The Bertz CT molecular complexity index is 2810. The molecule has 0 saturated heterocycles. The standard InChI is InChI=1S/C58H49N/c1-3-17-44(18-4-1)58(45-19-5-2-6-20-45)55-38-47(33-35-51(55)53-34-30-41-15-8-10-22-50(41)57(53)58)59(56-25-12-11-23-52(56)54-37-39-26-27-43(54)36-39)46-31-28-42(29-32-46)49-24-13-16-40-14-7-9-21-48(40)49/h1-6,8,10-13,15-20,22-25,28-35,38-39,43,54H,7,9,14,21,26-27,36-37H2. The molecule has 2 saturated carbocycles. The zero-order valence-corrected chi connectivity index (χ0v) is 33.7. The maximum Gasteiger partial charge on any atom is 0.0720 e. The number of nitrogens with zero attached hydrogens (tertiary/aromatic N) is 1. The van der Waals surface area contributed by atoms with Gasteiger partial charge < -0.3 is 4.90 Å². The summed E-state index contributed by atoms with van der Waals surface area (Å²) in [5, 5.41) is 2.59. The molecule has 0 N–H and O–H groups in total. The van der Waals surface area contributed by atoms with Crippen LogP contribution in [0.3, 0.4) is 0 Å². The lowest BCUT2D eigenvalue weighted by Crippen LogP contribution is -2.29. The second-order valence-electron chi connectivity index (χ2n) is 17.8. The van der Waals surface area contributed by atoms with Crippen LogP contribution in [0.4, 0.5) is 17.1 Å². The second kappa shape index (κ2) is 14.0. The fraction of sp³-hybridized carbons (Fsp3) is 0.207. The van der Waals surface area contributed by atoms with Gasteiger partial charge in [-0.15, -0.1) is 0 Å². The van der Waals surface area contributed by atoms with Crippen LogP contribution in [0.15, 0.2) is 182 Å².